The van der Waals surface area contributed by atoms with Gasteiger partial charge < -0.3 is 19.9 Å². The summed E-state index contributed by atoms with van der Waals surface area (Å²) in [5, 5.41) is 0. The molecule has 4 rings (SSSR count). The molecule has 1 aromatic rings. The molecular formula is C13H13NO4. The number of hydrogen-bond donors (Lipinski definition) is 1. The molecule has 2 aliphatic heterocycles. The first-order chi connectivity index (χ1) is 8.74. The summed E-state index contributed by atoms with van der Waals surface area (Å²) in [6.45, 7) is 0.681. The van der Waals surface area contributed by atoms with Gasteiger partial charge in [0.25, 0.3) is 0 Å². The van der Waals surface area contributed by atoms with E-state index in [1.54, 1.807) is 0 Å². The number of nitrogens with two attached hydrogens (primary N) is 1. The lowest BCUT2D eigenvalue weighted by atomic mass is 9.74. The van der Waals surface area contributed by atoms with Gasteiger partial charge in [0.05, 0.1) is 12.5 Å². The van der Waals surface area contributed by atoms with Gasteiger partial charge in [-0.2, -0.15) is 0 Å². The van der Waals surface area contributed by atoms with Crippen molar-refractivity contribution in [1.82, 2.24) is 0 Å². The third-order valence-corrected chi connectivity index (χ3v) is 4.13. The van der Waals surface area contributed by atoms with E-state index >= 15 is 0 Å². The summed E-state index contributed by atoms with van der Waals surface area (Å²) in [4.78, 5) is 11.7. The van der Waals surface area contributed by atoms with Crippen molar-refractivity contribution in [2.75, 3.05) is 13.4 Å². The van der Waals surface area contributed by atoms with Gasteiger partial charge in [-0.05, 0) is 29.7 Å². The van der Waals surface area contributed by atoms with E-state index in [1.807, 2.05) is 12.1 Å². The van der Waals surface area contributed by atoms with Gasteiger partial charge in [-0.25, -0.2) is 0 Å². The maximum atomic E-state index is 11.7. The third kappa shape index (κ3) is 1.22. The summed E-state index contributed by atoms with van der Waals surface area (Å²) in [5.74, 6) is 1.34. The van der Waals surface area contributed by atoms with E-state index in [9.17, 15) is 4.79 Å². The maximum Gasteiger partial charge on any atom is 0.309 e. The first-order valence-corrected chi connectivity index (χ1v) is 6.08. The molecule has 0 saturated carbocycles. The number of carbonyl (C=O) groups is 1. The van der Waals surface area contributed by atoms with Crippen LogP contribution in [0.3, 0.4) is 0 Å². The zero-order valence-corrected chi connectivity index (χ0v) is 9.72. The quantitative estimate of drug-likeness (QED) is 0.685. The Hall–Kier alpha value is -1.75. The molecule has 2 heterocycles. The summed E-state index contributed by atoms with van der Waals surface area (Å²) in [6, 6.07) is 3.72. The topological polar surface area (TPSA) is 70.8 Å². The molecule has 1 aromatic carbocycles. The van der Waals surface area contributed by atoms with Gasteiger partial charge in [0.2, 0.25) is 6.79 Å². The molecule has 0 radical (unpaired) electrons. The molecule has 5 heteroatoms. The van der Waals surface area contributed by atoms with Crippen molar-refractivity contribution in [1.29, 1.82) is 0 Å². The van der Waals surface area contributed by atoms with Crippen LogP contribution in [-0.2, 0) is 16.0 Å². The fourth-order valence-electron chi connectivity index (χ4n) is 3.12. The summed E-state index contributed by atoms with van der Waals surface area (Å²) >= 11 is 0. The average Bonchev–Trinajstić information content (AvgIpc) is 2.95. The Balaban J connectivity index is 1.82. The minimum absolute atomic E-state index is 0.0883. The predicted molar refractivity (Wildman–Crippen MR) is 61.1 cm³/mol. The number of ether oxygens (including phenoxy) is 3. The van der Waals surface area contributed by atoms with Gasteiger partial charge in [0.15, 0.2) is 11.5 Å². The molecule has 3 aliphatic rings. The highest BCUT2D eigenvalue weighted by molar-refractivity contribution is 5.76. The number of cyclic esters (lactones) is 1. The van der Waals surface area contributed by atoms with Crippen LogP contribution in [0.25, 0.3) is 0 Å². The third-order valence-electron chi connectivity index (χ3n) is 4.13. The van der Waals surface area contributed by atoms with Crippen LogP contribution >= 0.6 is 0 Å². The summed E-state index contributed by atoms with van der Waals surface area (Å²) in [5.41, 5.74) is 8.39. The van der Waals surface area contributed by atoms with E-state index in [1.165, 1.54) is 0 Å². The van der Waals surface area contributed by atoms with Crippen molar-refractivity contribution in [3.05, 3.63) is 23.3 Å². The molecule has 94 valence electrons. The minimum atomic E-state index is -0.167. The van der Waals surface area contributed by atoms with Crippen LogP contribution in [0.15, 0.2) is 12.1 Å². The van der Waals surface area contributed by atoms with Crippen molar-refractivity contribution in [2.24, 2.45) is 17.6 Å². The first kappa shape index (κ1) is 10.2. The van der Waals surface area contributed by atoms with Crippen LogP contribution in [0.2, 0.25) is 0 Å². The molecule has 0 spiro atoms. The molecular weight excluding hydrogens is 234 g/mol. The van der Waals surface area contributed by atoms with E-state index in [2.05, 4.69) is 0 Å². The zero-order valence-electron chi connectivity index (χ0n) is 9.72. The second kappa shape index (κ2) is 3.38. The Morgan fingerprint density at radius 1 is 1.17 bits per heavy atom. The highest BCUT2D eigenvalue weighted by Gasteiger charge is 2.45. The second-order valence-corrected chi connectivity index (χ2v) is 5.03. The van der Waals surface area contributed by atoms with Crippen LogP contribution in [-0.4, -0.2) is 19.4 Å². The van der Waals surface area contributed by atoms with Crippen LogP contribution in [0.1, 0.15) is 17.2 Å². The normalized spacial score (nSPS) is 31.8. The summed E-state index contributed by atoms with van der Waals surface area (Å²) in [7, 11) is 0. The van der Waals surface area contributed by atoms with Crippen molar-refractivity contribution >= 4 is 5.97 Å². The molecule has 1 fully saturated rings. The van der Waals surface area contributed by atoms with E-state index in [-0.39, 0.29) is 30.6 Å². The van der Waals surface area contributed by atoms with E-state index in [0.717, 1.165) is 22.6 Å². The highest BCUT2D eigenvalue weighted by Crippen LogP contribution is 2.45. The van der Waals surface area contributed by atoms with Crippen LogP contribution < -0.4 is 15.2 Å². The fourth-order valence-corrected chi connectivity index (χ4v) is 3.12. The van der Waals surface area contributed by atoms with Gasteiger partial charge in [-0.15, -0.1) is 0 Å². The van der Waals surface area contributed by atoms with Crippen molar-refractivity contribution < 1.29 is 19.0 Å². The van der Waals surface area contributed by atoms with Crippen LogP contribution in [0, 0.1) is 11.8 Å². The minimum Gasteiger partial charge on any atom is -0.465 e. The van der Waals surface area contributed by atoms with E-state index < -0.39 is 0 Å². The van der Waals surface area contributed by atoms with Gasteiger partial charge in [-0.3, -0.25) is 4.79 Å². The monoisotopic (exact) mass is 247 g/mol. The van der Waals surface area contributed by atoms with Crippen LogP contribution in [0.5, 0.6) is 11.5 Å². The molecule has 2 N–H and O–H groups in total. The molecule has 1 saturated heterocycles. The lowest BCUT2D eigenvalue weighted by molar-refractivity contribution is -0.141. The number of rotatable bonds is 0. The zero-order chi connectivity index (χ0) is 12.3. The standard InChI is InChI=1S/C13H13NO4/c14-12-7-3-11-10(17-5-18-11)2-6(7)1-8-9(12)4-16-13(8)15/h2-3,8-9,12H,1,4-5,14H2/t8-,9+,12-/m1/s1. The fraction of sp³-hybridized carbons (Fsp3) is 0.462. The number of hydrogen-bond acceptors (Lipinski definition) is 5. The van der Waals surface area contributed by atoms with Gasteiger partial charge in [-0.1, -0.05) is 0 Å². The number of carbonyl (C=O) groups excluding carboxylic acids is 1. The summed E-state index contributed by atoms with van der Waals surface area (Å²) in [6.07, 6.45) is 0.684. The largest absolute Gasteiger partial charge is 0.465 e. The Bertz CT molecular complexity index is 542. The van der Waals surface area contributed by atoms with E-state index in [0.29, 0.717) is 13.0 Å². The molecule has 0 amide bonds. The predicted octanol–water partition coefficient (Wildman–Crippen LogP) is 0.760. The van der Waals surface area contributed by atoms with Gasteiger partial charge >= 0.3 is 5.97 Å². The Morgan fingerprint density at radius 3 is 2.78 bits per heavy atom. The Morgan fingerprint density at radius 2 is 1.94 bits per heavy atom. The molecule has 3 atom stereocenters. The van der Waals surface area contributed by atoms with E-state index in [4.69, 9.17) is 19.9 Å². The molecule has 5 nitrogen and oxygen atoms in total. The second-order valence-electron chi connectivity index (χ2n) is 5.03. The van der Waals surface area contributed by atoms with Gasteiger partial charge in [0, 0.05) is 12.0 Å². The average molecular weight is 247 g/mol. The highest BCUT2D eigenvalue weighted by atomic mass is 16.7. The van der Waals surface area contributed by atoms with Crippen molar-refractivity contribution in [3.63, 3.8) is 0 Å². The molecule has 1 aliphatic carbocycles. The Labute approximate surface area is 104 Å². The van der Waals surface area contributed by atoms with Crippen molar-refractivity contribution in [2.45, 2.75) is 12.5 Å². The lowest BCUT2D eigenvalue weighted by Crippen LogP contribution is -2.34. The number of fused-ring (bicyclic) bond motifs is 3. The SMILES string of the molecule is N[C@@H]1c2cc3c(cc2C[C@H]2C(=O)OC[C@H]12)OCO3. The number of benzene rings is 1. The molecule has 0 aromatic heterocycles. The first-order valence-electron chi connectivity index (χ1n) is 6.08. The summed E-state index contributed by atoms with van der Waals surface area (Å²) < 4.78 is 15.8. The molecule has 0 bridgehead atoms. The lowest BCUT2D eigenvalue weighted by Gasteiger charge is -2.30. The smallest absolute Gasteiger partial charge is 0.309 e. The molecule has 0 unspecified atom stereocenters. The number of esters is 1. The Kier molecular flexibility index (Phi) is 1.92. The maximum absolute atomic E-state index is 11.7. The van der Waals surface area contributed by atoms with Crippen LogP contribution in [0.4, 0.5) is 0 Å². The van der Waals surface area contributed by atoms with Gasteiger partial charge in [0.1, 0.15) is 0 Å². The van der Waals surface area contributed by atoms with Crippen molar-refractivity contribution in [3.8, 4) is 11.5 Å². The molecule has 18 heavy (non-hydrogen) atoms.